The van der Waals surface area contributed by atoms with E-state index in [4.69, 9.17) is 0 Å². The molecule has 0 radical (unpaired) electrons. The van der Waals surface area contributed by atoms with Crippen molar-refractivity contribution < 1.29 is 0 Å². The van der Waals surface area contributed by atoms with E-state index in [-0.39, 0.29) is 0 Å². The Hall–Kier alpha value is -0.120. The molecule has 3 fully saturated rings. The number of hydrogen-bond donors (Lipinski definition) is 1. The van der Waals surface area contributed by atoms with E-state index in [0.29, 0.717) is 11.5 Å². The van der Waals surface area contributed by atoms with E-state index in [9.17, 15) is 0 Å². The number of hydrogen-bond acceptors (Lipinski definition) is 3. The molecule has 4 unspecified atom stereocenters. The number of rotatable bonds is 2. The van der Waals surface area contributed by atoms with Crippen LogP contribution >= 0.6 is 0 Å². The molecule has 0 bridgehead atoms. The lowest BCUT2D eigenvalue weighted by Gasteiger charge is -2.52. The number of fused-ring (bicyclic) bond motifs is 1. The van der Waals surface area contributed by atoms with Crippen LogP contribution in [-0.4, -0.2) is 60.6 Å². The molecule has 2 aliphatic heterocycles. The van der Waals surface area contributed by atoms with Gasteiger partial charge in [-0.3, -0.25) is 9.80 Å². The van der Waals surface area contributed by atoms with Gasteiger partial charge in [0.05, 0.1) is 0 Å². The van der Waals surface area contributed by atoms with E-state index in [1.54, 1.807) is 0 Å². The van der Waals surface area contributed by atoms with Crippen molar-refractivity contribution in [3.05, 3.63) is 0 Å². The van der Waals surface area contributed by atoms with Crippen molar-refractivity contribution in [3.63, 3.8) is 0 Å². The summed E-state index contributed by atoms with van der Waals surface area (Å²) in [7, 11) is 2.16. The monoisotopic (exact) mass is 279 g/mol. The molecule has 116 valence electrons. The van der Waals surface area contributed by atoms with Crippen molar-refractivity contribution in [2.45, 2.75) is 77.0 Å². The highest BCUT2D eigenvalue weighted by Crippen LogP contribution is 2.39. The Morgan fingerprint density at radius 3 is 2.70 bits per heavy atom. The summed E-state index contributed by atoms with van der Waals surface area (Å²) in [6.07, 6.45) is 6.90. The second-order valence-electron chi connectivity index (χ2n) is 8.21. The van der Waals surface area contributed by atoms with Crippen molar-refractivity contribution in [2.75, 3.05) is 26.7 Å². The maximum atomic E-state index is 3.61. The summed E-state index contributed by atoms with van der Waals surface area (Å²) in [5.41, 5.74) is 0.518. The third-order valence-electron chi connectivity index (χ3n) is 6.14. The smallest absolute Gasteiger partial charge is 0.0258 e. The first-order valence-electron chi connectivity index (χ1n) is 8.67. The second-order valence-corrected chi connectivity index (χ2v) is 8.21. The van der Waals surface area contributed by atoms with E-state index in [0.717, 1.165) is 18.1 Å². The molecule has 4 atom stereocenters. The van der Waals surface area contributed by atoms with Crippen molar-refractivity contribution >= 4 is 0 Å². The highest BCUT2D eigenvalue weighted by molar-refractivity contribution is 5.00. The average molecular weight is 279 g/mol. The molecule has 20 heavy (non-hydrogen) atoms. The van der Waals surface area contributed by atoms with Gasteiger partial charge in [-0.1, -0.05) is 13.8 Å². The van der Waals surface area contributed by atoms with Gasteiger partial charge in [0.2, 0.25) is 0 Å². The summed E-state index contributed by atoms with van der Waals surface area (Å²) in [4.78, 5) is 5.60. The second kappa shape index (κ2) is 5.58. The minimum Gasteiger partial charge on any atom is -0.315 e. The van der Waals surface area contributed by atoms with E-state index in [1.807, 2.05) is 0 Å². The summed E-state index contributed by atoms with van der Waals surface area (Å²) in [6.45, 7) is 11.3. The lowest BCUT2D eigenvalue weighted by Crippen LogP contribution is -2.63. The van der Waals surface area contributed by atoms with Crippen LogP contribution in [0.5, 0.6) is 0 Å². The summed E-state index contributed by atoms with van der Waals surface area (Å²) in [6, 6.07) is 2.99. The Morgan fingerprint density at radius 2 is 1.95 bits per heavy atom. The Bertz CT molecular complexity index is 341. The fourth-order valence-electron chi connectivity index (χ4n) is 4.91. The summed E-state index contributed by atoms with van der Waals surface area (Å²) >= 11 is 0. The number of nitrogens with zero attached hydrogens (tertiary/aromatic N) is 2. The van der Waals surface area contributed by atoms with Gasteiger partial charge >= 0.3 is 0 Å². The van der Waals surface area contributed by atoms with Gasteiger partial charge in [0.25, 0.3) is 0 Å². The molecule has 3 aliphatic rings. The molecule has 3 rings (SSSR count). The van der Waals surface area contributed by atoms with Crippen molar-refractivity contribution in [1.29, 1.82) is 0 Å². The highest BCUT2D eigenvalue weighted by Gasteiger charge is 2.43. The number of piperazine rings is 1. The van der Waals surface area contributed by atoms with Crippen molar-refractivity contribution in [1.82, 2.24) is 15.1 Å². The van der Waals surface area contributed by atoms with Crippen LogP contribution in [0, 0.1) is 5.41 Å². The van der Waals surface area contributed by atoms with Gasteiger partial charge in [-0.05, 0) is 58.0 Å². The SMILES string of the molecule is CNC1CCC(C)(C)CC1N1CC2CCCN2CC1C. The molecule has 0 spiro atoms. The van der Waals surface area contributed by atoms with Gasteiger partial charge in [-0.15, -0.1) is 0 Å². The molecule has 0 aromatic heterocycles. The Labute approximate surface area is 125 Å². The maximum Gasteiger partial charge on any atom is 0.0258 e. The zero-order chi connectivity index (χ0) is 14.3. The molecule has 0 aromatic carbocycles. The van der Waals surface area contributed by atoms with Gasteiger partial charge in [0.15, 0.2) is 0 Å². The van der Waals surface area contributed by atoms with Gasteiger partial charge in [0, 0.05) is 37.3 Å². The first-order valence-corrected chi connectivity index (χ1v) is 8.67. The van der Waals surface area contributed by atoms with Crippen molar-refractivity contribution in [3.8, 4) is 0 Å². The maximum absolute atomic E-state index is 3.61. The van der Waals surface area contributed by atoms with Gasteiger partial charge < -0.3 is 5.32 Å². The third-order valence-corrected chi connectivity index (χ3v) is 6.14. The third kappa shape index (κ3) is 2.77. The average Bonchev–Trinajstić information content (AvgIpc) is 2.84. The topological polar surface area (TPSA) is 18.5 Å². The molecular formula is C17H33N3. The molecule has 1 saturated carbocycles. The van der Waals surface area contributed by atoms with E-state index in [1.165, 1.54) is 51.7 Å². The van der Waals surface area contributed by atoms with E-state index >= 15 is 0 Å². The fraction of sp³-hybridized carbons (Fsp3) is 1.00. The van der Waals surface area contributed by atoms with Crippen LogP contribution in [0.3, 0.4) is 0 Å². The molecule has 1 aliphatic carbocycles. The minimum absolute atomic E-state index is 0.518. The fourth-order valence-corrected chi connectivity index (χ4v) is 4.91. The van der Waals surface area contributed by atoms with Crippen LogP contribution < -0.4 is 5.32 Å². The largest absolute Gasteiger partial charge is 0.315 e. The lowest BCUT2D eigenvalue weighted by molar-refractivity contribution is -0.0155. The Balaban J connectivity index is 1.74. The minimum atomic E-state index is 0.518. The van der Waals surface area contributed by atoms with Gasteiger partial charge in [-0.2, -0.15) is 0 Å². The number of nitrogens with one attached hydrogen (secondary N) is 1. The molecule has 3 nitrogen and oxygen atoms in total. The zero-order valence-electron chi connectivity index (χ0n) is 13.9. The van der Waals surface area contributed by atoms with Gasteiger partial charge in [-0.25, -0.2) is 0 Å². The Kier molecular flexibility index (Phi) is 4.13. The van der Waals surface area contributed by atoms with Crippen molar-refractivity contribution in [2.24, 2.45) is 5.41 Å². The zero-order valence-corrected chi connectivity index (χ0v) is 13.9. The van der Waals surface area contributed by atoms with Crippen LogP contribution in [-0.2, 0) is 0 Å². The first-order chi connectivity index (χ1) is 9.50. The molecule has 1 N–H and O–H groups in total. The van der Waals surface area contributed by atoms with E-state index < -0.39 is 0 Å². The molecule has 0 amide bonds. The molecule has 3 heteroatoms. The summed E-state index contributed by atoms with van der Waals surface area (Å²) in [5.74, 6) is 0. The van der Waals surface area contributed by atoms with Crippen LogP contribution in [0.15, 0.2) is 0 Å². The van der Waals surface area contributed by atoms with E-state index in [2.05, 4.69) is 42.9 Å². The normalized spacial score (nSPS) is 42.6. The first kappa shape index (κ1) is 14.8. The quantitative estimate of drug-likeness (QED) is 0.837. The van der Waals surface area contributed by atoms with Gasteiger partial charge in [0.1, 0.15) is 0 Å². The summed E-state index contributed by atoms with van der Waals surface area (Å²) < 4.78 is 0. The molecular weight excluding hydrogens is 246 g/mol. The van der Waals surface area contributed by atoms with Crippen LogP contribution in [0.4, 0.5) is 0 Å². The van der Waals surface area contributed by atoms with Crippen LogP contribution in [0.1, 0.15) is 52.9 Å². The standard InChI is InChI=1S/C17H33N3/c1-13-11-19-9-5-6-14(19)12-20(13)16-10-17(2,3)8-7-15(16)18-4/h13-16,18H,5-12H2,1-4H3. The Morgan fingerprint density at radius 1 is 1.15 bits per heavy atom. The number of likely N-dealkylation sites (N-methyl/N-ethyl adjacent to an activating group) is 1. The molecule has 2 saturated heterocycles. The predicted octanol–water partition coefficient (Wildman–Crippen LogP) is 2.32. The molecule has 2 heterocycles. The molecule has 0 aromatic rings. The predicted molar refractivity (Wildman–Crippen MR) is 85.0 cm³/mol. The highest BCUT2D eigenvalue weighted by atomic mass is 15.3. The van der Waals surface area contributed by atoms with Crippen LogP contribution in [0.2, 0.25) is 0 Å². The van der Waals surface area contributed by atoms with Crippen LogP contribution in [0.25, 0.3) is 0 Å². The summed E-state index contributed by atoms with van der Waals surface area (Å²) in [5, 5.41) is 3.61. The lowest BCUT2D eigenvalue weighted by atomic mass is 9.72.